The summed E-state index contributed by atoms with van der Waals surface area (Å²) in [4.78, 5) is 29.0. The van der Waals surface area contributed by atoms with Gasteiger partial charge in [-0.25, -0.2) is 4.79 Å². The van der Waals surface area contributed by atoms with Crippen LogP contribution in [0.15, 0.2) is 30.3 Å². The first-order chi connectivity index (χ1) is 12.7. The van der Waals surface area contributed by atoms with Crippen LogP contribution in [0.5, 0.6) is 0 Å². The molecule has 0 bridgehead atoms. The van der Waals surface area contributed by atoms with Gasteiger partial charge in [0.2, 0.25) is 5.91 Å². The van der Waals surface area contributed by atoms with Crippen molar-refractivity contribution in [3.8, 4) is 0 Å². The van der Waals surface area contributed by atoms with Crippen LogP contribution in [0.25, 0.3) is 0 Å². The smallest absolute Gasteiger partial charge is 0.321 e. The maximum atomic E-state index is 12.5. The van der Waals surface area contributed by atoms with E-state index in [0.717, 1.165) is 51.3 Å². The number of carbonyl (C=O) groups excluding carboxylic acids is 2. The Hall–Kier alpha value is -1.83. The molecular weight excluding hydrogens is 366 g/mol. The van der Waals surface area contributed by atoms with Gasteiger partial charge in [-0.05, 0) is 25.0 Å². The molecule has 3 amide bonds. The zero-order valence-electron chi connectivity index (χ0n) is 15.7. The first kappa shape index (κ1) is 21.5. The van der Waals surface area contributed by atoms with Crippen molar-refractivity contribution in [2.45, 2.75) is 12.8 Å². The van der Waals surface area contributed by atoms with Crippen molar-refractivity contribution in [2.24, 2.45) is 5.92 Å². The molecule has 2 saturated heterocycles. The van der Waals surface area contributed by atoms with Crippen LogP contribution < -0.4 is 16.0 Å². The molecule has 2 aliphatic rings. The van der Waals surface area contributed by atoms with Crippen molar-refractivity contribution >= 4 is 30.0 Å². The van der Waals surface area contributed by atoms with Gasteiger partial charge >= 0.3 is 6.03 Å². The molecule has 3 N–H and O–H groups in total. The zero-order valence-corrected chi connectivity index (χ0v) is 16.5. The van der Waals surface area contributed by atoms with E-state index in [0.29, 0.717) is 19.6 Å². The van der Waals surface area contributed by atoms with Crippen LogP contribution in [-0.2, 0) is 4.79 Å². The van der Waals surface area contributed by atoms with Crippen molar-refractivity contribution in [1.29, 1.82) is 0 Å². The summed E-state index contributed by atoms with van der Waals surface area (Å²) in [7, 11) is 0. The van der Waals surface area contributed by atoms with Crippen molar-refractivity contribution < 1.29 is 9.59 Å². The Bertz CT molecular complexity index is 595. The summed E-state index contributed by atoms with van der Waals surface area (Å²) in [6, 6.07) is 9.29. The summed E-state index contributed by atoms with van der Waals surface area (Å²) in [6.07, 6.45) is 1.70. The van der Waals surface area contributed by atoms with Gasteiger partial charge in [-0.3, -0.25) is 9.69 Å². The number of piperazine rings is 1. The molecule has 0 aliphatic carbocycles. The van der Waals surface area contributed by atoms with E-state index in [2.05, 4.69) is 20.9 Å². The monoisotopic (exact) mass is 395 g/mol. The van der Waals surface area contributed by atoms with Crippen LogP contribution in [0.1, 0.15) is 12.8 Å². The first-order valence-corrected chi connectivity index (χ1v) is 9.54. The zero-order chi connectivity index (χ0) is 18.2. The third-order valence-electron chi connectivity index (χ3n) is 5.04. The van der Waals surface area contributed by atoms with E-state index in [-0.39, 0.29) is 30.3 Å². The Labute approximate surface area is 167 Å². The SMILES string of the molecule is Cl.O=C(NCCN1CCNCC1)C1CCCN(C(=O)Nc2ccccc2)C1. The average Bonchev–Trinajstić information content (AvgIpc) is 2.69. The molecule has 7 nitrogen and oxygen atoms in total. The third kappa shape index (κ3) is 6.68. The van der Waals surface area contributed by atoms with Gasteiger partial charge in [0, 0.05) is 58.0 Å². The Kier molecular flexibility index (Phi) is 8.84. The Morgan fingerprint density at radius 1 is 1.11 bits per heavy atom. The third-order valence-corrected chi connectivity index (χ3v) is 5.04. The molecule has 0 aromatic heterocycles. The van der Waals surface area contributed by atoms with Crippen LogP contribution in [0.2, 0.25) is 0 Å². The fraction of sp³-hybridized carbons (Fsp3) is 0.579. The summed E-state index contributed by atoms with van der Waals surface area (Å²) in [5, 5.41) is 9.28. The number of amides is 3. The second kappa shape index (κ2) is 11.1. The van der Waals surface area contributed by atoms with E-state index < -0.39 is 0 Å². The highest BCUT2D eigenvalue weighted by Gasteiger charge is 2.28. The van der Waals surface area contributed by atoms with Crippen molar-refractivity contribution in [3.05, 3.63) is 30.3 Å². The number of urea groups is 1. The molecule has 0 saturated carbocycles. The number of carbonyl (C=O) groups is 2. The van der Waals surface area contributed by atoms with E-state index in [9.17, 15) is 9.59 Å². The van der Waals surface area contributed by atoms with Crippen LogP contribution in [0.3, 0.4) is 0 Å². The van der Waals surface area contributed by atoms with Gasteiger partial charge in [0.1, 0.15) is 0 Å². The first-order valence-electron chi connectivity index (χ1n) is 9.54. The highest BCUT2D eigenvalue weighted by molar-refractivity contribution is 5.90. The average molecular weight is 396 g/mol. The Morgan fingerprint density at radius 2 is 1.85 bits per heavy atom. The second-order valence-corrected chi connectivity index (χ2v) is 6.96. The molecule has 2 heterocycles. The summed E-state index contributed by atoms with van der Waals surface area (Å²) in [6.45, 7) is 6.84. The van der Waals surface area contributed by atoms with Crippen LogP contribution >= 0.6 is 12.4 Å². The lowest BCUT2D eigenvalue weighted by Crippen LogP contribution is -2.49. The van der Waals surface area contributed by atoms with Crippen LogP contribution in [-0.4, -0.2) is 74.1 Å². The summed E-state index contributed by atoms with van der Waals surface area (Å²) >= 11 is 0. The van der Waals surface area contributed by atoms with E-state index in [1.807, 2.05) is 30.3 Å². The molecule has 2 aliphatic heterocycles. The lowest BCUT2D eigenvalue weighted by atomic mass is 9.97. The Morgan fingerprint density at radius 3 is 2.59 bits per heavy atom. The number of rotatable bonds is 5. The predicted molar refractivity (Wildman–Crippen MR) is 109 cm³/mol. The van der Waals surface area contributed by atoms with Crippen LogP contribution in [0, 0.1) is 5.92 Å². The number of para-hydroxylation sites is 1. The van der Waals surface area contributed by atoms with Gasteiger partial charge in [-0.2, -0.15) is 0 Å². The Balaban J connectivity index is 0.00000261. The number of benzene rings is 1. The molecule has 1 aromatic carbocycles. The highest BCUT2D eigenvalue weighted by Crippen LogP contribution is 2.18. The lowest BCUT2D eigenvalue weighted by molar-refractivity contribution is -0.126. The molecule has 150 valence electrons. The molecule has 3 rings (SSSR count). The quantitative estimate of drug-likeness (QED) is 0.703. The minimum Gasteiger partial charge on any atom is -0.355 e. The number of likely N-dealkylation sites (tertiary alicyclic amines) is 1. The normalized spacial score (nSPS) is 20.4. The molecule has 1 unspecified atom stereocenters. The maximum absolute atomic E-state index is 12.5. The fourth-order valence-corrected chi connectivity index (χ4v) is 3.52. The summed E-state index contributed by atoms with van der Waals surface area (Å²) in [5.74, 6) is -0.0503. The minimum absolute atomic E-state index is 0. The summed E-state index contributed by atoms with van der Waals surface area (Å²) < 4.78 is 0. The van der Waals surface area contributed by atoms with Gasteiger partial charge in [0.05, 0.1) is 5.92 Å². The number of hydrogen-bond acceptors (Lipinski definition) is 4. The number of nitrogens with one attached hydrogen (secondary N) is 3. The standard InChI is InChI=1S/C19H29N5O2.ClH/c25-18(21-10-14-23-12-8-20-9-13-23)16-5-4-11-24(15-16)19(26)22-17-6-2-1-3-7-17;/h1-3,6-7,16,20H,4-5,8-15H2,(H,21,25)(H,22,26);1H. The van der Waals surface area contributed by atoms with E-state index in [4.69, 9.17) is 0 Å². The minimum atomic E-state index is -0.130. The number of anilines is 1. The van der Waals surface area contributed by atoms with Crippen molar-refractivity contribution in [1.82, 2.24) is 20.4 Å². The van der Waals surface area contributed by atoms with E-state index in [1.165, 1.54) is 0 Å². The molecule has 0 spiro atoms. The molecule has 27 heavy (non-hydrogen) atoms. The van der Waals surface area contributed by atoms with Gasteiger partial charge < -0.3 is 20.9 Å². The van der Waals surface area contributed by atoms with E-state index >= 15 is 0 Å². The number of halogens is 1. The molecule has 8 heteroatoms. The van der Waals surface area contributed by atoms with Crippen molar-refractivity contribution in [3.63, 3.8) is 0 Å². The largest absolute Gasteiger partial charge is 0.355 e. The van der Waals surface area contributed by atoms with Gasteiger partial charge in [0.25, 0.3) is 0 Å². The number of piperidine rings is 1. The van der Waals surface area contributed by atoms with Gasteiger partial charge in [0.15, 0.2) is 0 Å². The maximum Gasteiger partial charge on any atom is 0.321 e. The molecule has 1 atom stereocenters. The van der Waals surface area contributed by atoms with E-state index in [1.54, 1.807) is 4.90 Å². The second-order valence-electron chi connectivity index (χ2n) is 6.96. The van der Waals surface area contributed by atoms with Crippen molar-refractivity contribution in [2.75, 3.05) is 57.7 Å². The van der Waals surface area contributed by atoms with Gasteiger partial charge in [-0.15, -0.1) is 12.4 Å². The highest BCUT2D eigenvalue weighted by atomic mass is 35.5. The van der Waals surface area contributed by atoms with Crippen LogP contribution in [0.4, 0.5) is 10.5 Å². The molecule has 2 fully saturated rings. The number of hydrogen-bond donors (Lipinski definition) is 3. The summed E-state index contributed by atoms with van der Waals surface area (Å²) in [5.41, 5.74) is 0.778. The topological polar surface area (TPSA) is 76.7 Å². The lowest BCUT2D eigenvalue weighted by Gasteiger charge is -2.32. The number of nitrogens with zero attached hydrogens (tertiary/aromatic N) is 2. The fourth-order valence-electron chi connectivity index (χ4n) is 3.52. The molecule has 0 radical (unpaired) electrons. The predicted octanol–water partition coefficient (Wildman–Crippen LogP) is 1.37. The molecular formula is C19H30ClN5O2. The van der Waals surface area contributed by atoms with Gasteiger partial charge in [-0.1, -0.05) is 18.2 Å². The molecule has 1 aromatic rings.